The molecule has 0 radical (unpaired) electrons. The summed E-state index contributed by atoms with van der Waals surface area (Å²) >= 11 is 0. The molecule has 1 heteroatoms. The molecule has 1 saturated heterocycles. The highest BCUT2D eigenvalue weighted by atomic mass is 15.1. The van der Waals surface area contributed by atoms with E-state index in [1.165, 1.54) is 19.3 Å². The number of nitrogens with one attached hydrogen (secondary N) is 1. The fourth-order valence-electron chi connectivity index (χ4n) is 2.40. The van der Waals surface area contributed by atoms with E-state index in [2.05, 4.69) is 26.1 Å². The topological polar surface area (TPSA) is 12.0 Å². The van der Waals surface area contributed by atoms with Crippen LogP contribution in [0.2, 0.25) is 0 Å². The van der Waals surface area contributed by atoms with Crippen molar-refractivity contribution in [2.75, 3.05) is 0 Å². The van der Waals surface area contributed by atoms with Crippen molar-refractivity contribution >= 4 is 0 Å². The van der Waals surface area contributed by atoms with Gasteiger partial charge in [0.2, 0.25) is 0 Å². The third-order valence-electron chi connectivity index (χ3n) is 3.15. The third kappa shape index (κ3) is 0.878. The number of hydrogen-bond donors (Lipinski definition) is 1. The van der Waals surface area contributed by atoms with Crippen molar-refractivity contribution in [3.8, 4) is 0 Å². The lowest BCUT2D eigenvalue weighted by molar-refractivity contribution is 0.245. The van der Waals surface area contributed by atoms with Gasteiger partial charge in [-0.1, -0.05) is 0 Å². The Morgan fingerprint density at radius 3 is 2.50 bits per heavy atom. The highest BCUT2D eigenvalue weighted by molar-refractivity contribution is 5.13. The highest BCUT2D eigenvalue weighted by Crippen LogP contribution is 2.51. The molecule has 1 N–H and O–H groups in total. The van der Waals surface area contributed by atoms with Crippen molar-refractivity contribution in [2.45, 2.75) is 51.1 Å². The van der Waals surface area contributed by atoms with Gasteiger partial charge in [0.05, 0.1) is 0 Å². The maximum atomic E-state index is 3.71. The maximum absolute atomic E-state index is 3.71. The summed E-state index contributed by atoms with van der Waals surface area (Å²) in [5.74, 6) is 1.00. The Labute approximate surface area is 63.2 Å². The van der Waals surface area contributed by atoms with Crippen molar-refractivity contribution in [3.63, 3.8) is 0 Å². The monoisotopic (exact) mass is 139 g/mol. The SMILES string of the molecule is CC1(C)CC[C@H]2CC2(C)N1. The van der Waals surface area contributed by atoms with Crippen LogP contribution < -0.4 is 5.32 Å². The molecule has 10 heavy (non-hydrogen) atoms. The molecule has 1 saturated carbocycles. The first-order valence-corrected chi connectivity index (χ1v) is 4.31. The van der Waals surface area contributed by atoms with E-state index in [0.29, 0.717) is 11.1 Å². The van der Waals surface area contributed by atoms with E-state index in [-0.39, 0.29) is 0 Å². The minimum atomic E-state index is 0.405. The second-order valence-electron chi connectivity index (χ2n) is 4.87. The van der Waals surface area contributed by atoms with Gasteiger partial charge in [-0.15, -0.1) is 0 Å². The molecule has 0 aromatic rings. The van der Waals surface area contributed by atoms with E-state index < -0.39 is 0 Å². The van der Waals surface area contributed by atoms with E-state index in [4.69, 9.17) is 0 Å². The van der Waals surface area contributed by atoms with Crippen molar-refractivity contribution < 1.29 is 0 Å². The van der Waals surface area contributed by atoms with Crippen LogP contribution in [-0.4, -0.2) is 11.1 Å². The summed E-state index contributed by atoms with van der Waals surface area (Å²) in [6, 6.07) is 0. The van der Waals surface area contributed by atoms with Gasteiger partial charge in [0.1, 0.15) is 0 Å². The van der Waals surface area contributed by atoms with Gasteiger partial charge >= 0.3 is 0 Å². The van der Waals surface area contributed by atoms with E-state index in [1.807, 2.05) is 0 Å². The van der Waals surface area contributed by atoms with Crippen LogP contribution in [0.5, 0.6) is 0 Å². The van der Waals surface area contributed by atoms with E-state index in [0.717, 1.165) is 5.92 Å². The zero-order valence-electron chi connectivity index (χ0n) is 7.20. The fourth-order valence-corrected chi connectivity index (χ4v) is 2.40. The first-order valence-electron chi connectivity index (χ1n) is 4.31. The van der Waals surface area contributed by atoms with E-state index in [9.17, 15) is 0 Å². The molecule has 58 valence electrons. The third-order valence-corrected chi connectivity index (χ3v) is 3.15. The lowest BCUT2D eigenvalue weighted by Crippen LogP contribution is -2.50. The Bertz CT molecular complexity index is 159. The van der Waals surface area contributed by atoms with Crippen LogP contribution >= 0.6 is 0 Å². The molecule has 1 aliphatic heterocycles. The standard InChI is InChI=1S/C9H17N/c1-8(2)5-4-7-6-9(7,3)10-8/h7,10H,4-6H2,1-3H3/t7-,9?/m0/s1. The molecule has 1 aliphatic carbocycles. The van der Waals surface area contributed by atoms with Gasteiger partial charge in [0.15, 0.2) is 0 Å². The van der Waals surface area contributed by atoms with E-state index in [1.54, 1.807) is 0 Å². The van der Waals surface area contributed by atoms with Crippen molar-refractivity contribution in [3.05, 3.63) is 0 Å². The average molecular weight is 139 g/mol. The molecule has 2 atom stereocenters. The smallest absolute Gasteiger partial charge is 0.0190 e. The fraction of sp³-hybridized carbons (Fsp3) is 1.00. The van der Waals surface area contributed by atoms with Crippen molar-refractivity contribution in [1.82, 2.24) is 5.32 Å². The molecule has 0 amide bonds. The van der Waals surface area contributed by atoms with Gasteiger partial charge in [0.25, 0.3) is 0 Å². The molecule has 2 rings (SSSR count). The molecular weight excluding hydrogens is 122 g/mol. The van der Waals surface area contributed by atoms with Crippen LogP contribution in [-0.2, 0) is 0 Å². The lowest BCUT2D eigenvalue weighted by Gasteiger charge is -2.35. The Morgan fingerprint density at radius 2 is 2.00 bits per heavy atom. The van der Waals surface area contributed by atoms with E-state index >= 15 is 0 Å². The van der Waals surface area contributed by atoms with Crippen LogP contribution in [0.25, 0.3) is 0 Å². The summed E-state index contributed by atoms with van der Waals surface area (Å²) in [5.41, 5.74) is 0.934. The van der Waals surface area contributed by atoms with Crippen LogP contribution in [0.1, 0.15) is 40.0 Å². The Balaban J connectivity index is 2.09. The zero-order chi connectivity index (χ0) is 7.41. The minimum absolute atomic E-state index is 0.405. The largest absolute Gasteiger partial charge is 0.306 e. The normalized spacial score (nSPS) is 50.1. The maximum Gasteiger partial charge on any atom is 0.0190 e. The van der Waals surface area contributed by atoms with Crippen LogP contribution in [0, 0.1) is 5.92 Å². The Hall–Kier alpha value is -0.0400. The first-order chi connectivity index (χ1) is 4.52. The molecule has 1 nitrogen and oxygen atoms in total. The summed E-state index contributed by atoms with van der Waals surface area (Å²) < 4.78 is 0. The highest BCUT2D eigenvalue weighted by Gasteiger charge is 2.54. The van der Waals surface area contributed by atoms with Crippen LogP contribution in [0.4, 0.5) is 0 Å². The molecule has 0 spiro atoms. The molecule has 1 heterocycles. The number of fused-ring (bicyclic) bond motifs is 1. The van der Waals surface area contributed by atoms with Crippen molar-refractivity contribution in [2.24, 2.45) is 5.92 Å². The second kappa shape index (κ2) is 1.58. The zero-order valence-corrected chi connectivity index (χ0v) is 7.20. The molecule has 0 aromatic heterocycles. The van der Waals surface area contributed by atoms with Crippen LogP contribution in [0.15, 0.2) is 0 Å². The predicted molar refractivity (Wildman–Crippen MR) is 43.0 cm³/mol. The Morgan fingerprint density at radius 1 is 1.30 bits per heavy atom. The molecular formula is C9H17N. The molecule has 2 fully saturated rings. The molecule has 1 unspecified atom stereocenters. The summed E-state index contributed by atoms with van der Waals surface area (Å²) in [5, 5.41) is 3.71. The number of hydrogen-bond acceptors (Lipinski definition) is 1. The van der Waals surface area contributed by atoms with Gasteiger partial charge in [-0.2, -0.15) is 0 Å². The molecule has 2 aliphatic rings. The average Bonchev–Trinajstić information content (AvgIpc) is 2.35. The quantitative estimate of drug-likeness (QED) is 0.540. The van der Waals surface area contributed by atoms with Crippen molar-refractivity contribution in [1.29, 1.82) is 0 Å². The first kappa shape index (κ1) is 6.66. The van der Waals surface area contributed by atoms with Gasteiger partial charge in [0, 0.05) is 11.1 Å². The summed E-state index contributed by atoms with van der Waals surface area (Å²) in [6.07, 6.45) is 4.21. The minimum Gasteiger partial charge on any atom is -0.306 e. The van der Waals surface area contributed by atoms with Crippen LogP contribution in [0.3, 0.4) is 0 Å². The Kier molecular flexibility index (Phi) is 1.05. The molecule has 0 bridgehead atoms. The number of rotatable bonds is 0. The van der Waals surface area contributed by atoms with Gasteiger partial charge in [-0.05, 0) is 46.0 Å². The summed E-state index contributed by atoms with van der Waals surface area (Å²) in [6.45, 7) is 6.98. The summed E-state index contributed by atoms with van der Waals surface area (Å²) in [4.78, 5) is 0. The summed E-state index contributed by atoms with van der Waals surface area (Å²) in [7, 11) is 0. The number of piperidine rings is 1. The van der Waals surface area contributed by atoms with Gasteiger partial charge in [-0.25, -0.2) is 0 Å². The lowest BCUT2D eigenvalue weighted by atomic mass is 9.90. The second-order valence-corrected chi connectivity index (χ2v) is 4.87. The van der Waals surface area contributed by atoms with Gasteiger partial charge < -0.3 is 5.32 Å². The van der Waals surface area contributed by atoms with Gasteiger partial charge in [-0.3, -0.25) is 0 Å². The predicted octanol–water partition coefficient (Wildman–Crippen LogP) is 1.93. The molecule has 0 aromatic carbocycles.